The molecule has 1 aromatic carbocycles. The minimum Gasteiger partial charge on any atom is -0.491 e. The first-order valence-electron chi connectivity index (χ1n) is 10.6. The summed E-state index contributed by atoms with van der Waals surface area (Å²) in [6.45, 7) is 3.14. The van der Waals surface area contributed by atoms with Crippen LogP contribution in [0.1, 0.15) is 16.8 Å². The molecule has 3 heterocycles. The second-order valence-electron chi connectivity index (χ2n) is 7.25. The number of carbonyl (C=O) groups is 1. The van der Waals surface area contributed by atoms with Crippen LogP contribution in [0.4, 0.5) is 11.8 Å². The molecule has 174 valence electrons. The van der Waals surface area contributed by atoms with Crippen molar-refractivity contribution in [2.75, 3.05) is 51.0 Å². The zero-order chi connectivity index (χ0) is 23.2. The highest BCUT2D eigenvalue weighted by atomic mass is 16.5. The molecule has 0 bridgehead atoms. The Labute approximate surface area is 189 Å². The third-order valence-corrected chi connectivity index (χ3v) is 5.07. The Morgan fingerprint density at radius 1 is 1.33 bits per heavy atom. The molecule has 0 saturated carbocycles. The van der Waals surface area contributed by atoms with Gasteiger partial charge in [0, 0.05) is 37.4 Å². The number of aliphatic hydroxyl groups is 1. The minimum absolute atomic E-state index is 0.0799. The molecule has 0 spiro atoms. The summed E-state index contributed by atoms with van der Waals surface area (Å²) in [6, 6.07) is 3.76. The lowest BCUT2D eigenvalue weighted by Gasteiger charge is -2.15. The molecule has 0 unspecified atom stereocenters. The number of hydrogen-bond donors (Lipinski definition) is 4. The van der Waals surface area contributed by atoms with Crippen molar-refractivity contribution in [1.29, 1.82) is 0 Å². The highest BCUT2D eigenvalue weighted by Crippen LogP contribution is 2.37. The van der Waals surface area contributed by atoms with Gasteiger partial charge in [-0.25, -0.2) is 15.0 Å². The van der Waals surface area contributed by atoms with E-state index in [1.54, 1.807) is 7.11 Å². The lowest BCUT2D eigenvalue weighted by atomic mass is 10.2. The summed E-state index contributed by atoms with van der Waals surface area (Å²) in [7, 11) is 1.55. The largest absolute Gasteiger partial charge is 0.491 e. The number of carbonyl (C=O) groups excluding carboxylic acids is 1. The van der Waals surface area contributed by atoms with E-state index in [1.807, 2.05) is 16.7 Å². The molecule has 1 aliphatic heterocycles. The van der Waals surface area contributed by atoms with Gasteiger partial charge in [0.05, 0.1) is 25.9 Å². The number of aliphatic hydroxyl groups excluding tert-OH is 1. The Kier molecular flexibility index (Phi) is 6.95. The van der Waals surface area contributed by atoms with E-state index in [1.165, 1.54) is 12.4 Å². The number of methoxy groups -OCH3 is 1. The predicted molar refractivity (Wildman–Crippen MR) is 121 cm³/mol. The van der Waals surface area contributed by atoms with Gasteiger partial charge in [0.1, 0.15) is 11.3 Å². The SMILES string of the molecule is COc1c(OCCCNCCO)ccc2c3n(c(=NC(=O)c4cnc(N)nc4)nc12)CCN3. The van der Waals surface area contributed by atoms with Crippen molar-refractivity contribution in [2.24, 2.45) is 4.99 Å². The molecular weight excluding hydrogens is 428 g/mol. The van der Waals surface area contributed by atoms with Gasteiger partial charge in [-0.2, -0.15) is 4.99 Å². The summed E-state index contributed by atoms with van der Waals surface area (Å²) >= 11 is 0. The molecule has 3 aromatic rings. The Morgan fingerprint density at radius 3 is 2.91 bits per heavy atom. The second-order valence-corrected chi connectivity index (χ2v) is 7.25. The van der Waals surface area contributed by atoms with Crippen LogP contribution in [0.3, 0.4) is 0 Å². The molecular formula is C21H26N8O4. The molecule has 0 atom stereocenters. The lowest BCUT2D eigenvalue weighted by molar-refractivity contribution is 0.0996. The molecule has 33 heavy (non-hydrogen) atoms. The van der Waals surface area contributed by atoms with E-state index in [-0.39, 0.29) is 23.7 Å². The molecule has 0 saturated heterocycles. The number of nitrogen functional groups attached to an aromatic ring is 1. The highest BCUT2D eigenvalue weighted by Gasteiger charge is 2.21. The molecule has 4 rings (SSSR count). The minimum atomic E-state index is -0.523. The zero-order valence-electron chi connectivity index (χ0n) is 18.2. The molecule has 2 aromatic heterocycles. The second kappa shape index (κ2) is 10.2. The summed E-state index contributed by atoms with van der Waals surface area (Å²) in [4.78, 5) is 29.3. The lowest BCUT2D eigenvalue weighted by Crippen LogP contribution is -2.25. The van der Waals surface area contributed by atoms with Gasteiger partial charge in [-0.15, -0.1) is 0 Å². The molecule has 1 aliphatic rings. The van der Waals surface area contributed by atoms with E-state index in [2.05, 4.69) is 30.6 Å². The van der Waals surface area contributed by atoms with E-state index in [9.17, 15) is 4.79 Å². The normalized spacial score (nSPS) is 13.1. The van der Waals surface area contributed by atoms with Crippen LogP contribution in [0.5, 0.6) is 11.5 Å². The summed E-state index contributed by atoms with van der Waals surface area (Å²) in [5.41, 5.74) is 6.49. The summed E-state index contributed by atoms with van der Waals surface area (Å²) in [6.07, 6.45) is 3.43. The molecule has 5 N–H and O–H groups in total. The van der Waals surface area contributed by atoms with Crippen LogP contribution < -0.4 is 31.5 Å². The fourth-order valence-corrected chi connectivity index (χ4v) is 3.53. The van der Waals surface area contributed by atoms with Gasteiger partial charge in [0.15, 0.2) is 11.5 Å². The Hall–Kier alpha value is -3.77. The number of rotatable bonds is 9. The standard InChI is InChI=1S/C21H26N8O4/c1-32-17-15(33-10-2-5-23-7-9-30)4-3-14-16(17)27-21(29-8-6-24-18(14)29)28-19(31)13-11-25-20(22)26-12-13/h3-4,11-12,23-24,30H,2,5-10H2,1H3,(H2,22,25,26). The first-order valence-corrected chi connectivity index (χ1v) is 10.6. The van der Waals surface area contributed by atoms with Crippen LogP contribution in [0, 0.1) is 0 Å². The van der Waals surface area contributed by atoms with E-state index in [0.717, 1.165) is 24.2 Å². The average Bonchev–Trinajstić information content (AvgIpc) is 3.32. The van der Waals surface area contributed by atoms with Crippen molar-refractivity contribution in [1.82, 2.24) is 24.8 Å². The van der Waals surface area contributed by atoms with E-state index < -0.39 is 5.91 Å². The van der Waals surface area contributed by atoms with Crippen LogP contribution in [0.15, 0.2) is 29.5 Å². The van der Waals surface area contributed by atoms with Gasteiger partial charge < -0.3 is 30.9 Å². The summed E-state index contributed by atoms with van der Waals surface area (Å²) in [5, 5.41) is 16.1. The summed E-state index contributed by atoms with van der Waals surface area (Å²) < 4.78 is 13.4. The van der Waals surface area contributed by atoms with Crippen molar-refractivity contribution < 1.29 is 19.4 Å². The van der Waals surface area contributed by atoms with Gasteiger partial charge >= 0.3 is 0 Å². The maximum Gasteiger partial charge on any atom is 0.283 e. The van der Waals surface area contributed by atoms with E-state index in [4.69, 9.17) is 20.3 Å². The predicted octanol–water partition coefficient (Wildman–Crippen LogP) is -0.0655. The Morgan fingerprint density at radius 2 is 2.15 bits per heavy atom. The topological polar surface area (TPSA) is 162 Å². The molecule has 0 radical (unpaired) electrons. The number of ether oxygens (including phenoxy) is 2. The number of benzene rings is 1. The monoisotopic (exact) mass is 454 g/mol. The van der Waals surface area contributed by atoms with Crippen LogP contribution in [0.25, 0.3) is 10.9 Å². The highest BCUT2D eigenvalue weighted by molar-refractivity contribution is 5.96. The van der Waals surface area contributed by atoms with Crippen molar-refractivity contribution in [3.63, 3.8) is 0 Å². The Bertz CT molecular complexity index is 1210. The maximum atomic E-state index is 12.7. The number of nitrogens with one attached hydrogen (secondary N) is 2. The van der Waals surface area contributed by atoms with Gasteiger partial charge in [0.2, 0.25) is 11.6 Å². The number of nitrogens with zero attached hydrogens (tertiary/aromatic N) is 5. The maximum absolute atomic E-state index is 12.7. The van der Waals surface area contributed by atoms with Crippen LogP contribution >= 0.6 is 0 Å². The van der Waals surface area contributed by atoms with Crippen molar-refractivity contribution in [3.8, 4) is 11.5 Å². The number of aromatic nitrogens is 4. The first kappa shape index (κ1) is 22.4. The van der Waals surface area contributed by atoms with Gasteiger partial charge in [0.25, 0.3) is 5.91 Å². The van der Waals surface area contributed by atoms with E-state index >= 15 is 0 Å². The quantitative estimate of drug-likeness (QED) is 0.322. The van der Waals surface area contributed by atoms with E-state index in [0.29, 0.717) is 43.3 Å². The van der Waals surface area contributed by atoms with Crippen molar-refractivity contribution >= 4 is 28.6 Å². The fourth-order valence-electron chi connectivity index (χ4n) is 3.53. The number of fused-ring (bicyclic) bond motifs is 3. The Balaban J connectivity index is 1.70. The van der Waals surface area contributed by atoms with Gasteiger partial charge in [-0.1, -0.05) is 0 Å². The van der Waals surface area contributed by atoms with Crippen LogP contribution in [-0.2, 0) is 6.54 Å². The molecule has 0 aliphatic carbocycles. The number of amides is 1. The zero-order valence-corrected chi connectivity index (χ0v) is 18.2. The average molecular weight is 454 g/mol. The van der Waals surface area contributed by atoms with Gasteiger partial charge in [-0.05, 0) is 25.1 Å². The molecule has 0 fully saturated rings. The molecule has 12 heteroatoms. The number of nitrogens with two attached hydrogens (primary N) is 1. The summed E-state index contributed by atoms with van der Waals surface area (Å²) in [5.74, 6) is 1.37. The van der Waals surface area contributed by atoms with Crippen LogP contribution in [0.2, 0.25) is 0 Å². The number of hydrogen-bond acceptors (Lipinski definition) is 10. The van der Waals surface area contributed by atoms with Crippen LogP contribution in [-0.4, -0.2) is 70.5 Å². The smallest absolute Gasteiger partial charge is 0.283 e. The molecule has 12 nitrogen and oxygen atoms in total. The molecule has 1 amide bonds. The van der Waals surface area contributed by atoms with Crippen molar-refractivity contribution in [2.45, 2.75) is 13.0 Å². The van der Waals surface area contributed by atoms with Crippen molar-refractivity contribution in [3.05, 3.63) is 35.7 Å². The third kappa shape index (κ3) is 4.86. The first-order chi connectivity index (χ1) is 16.1. The number of anilines is 2. The van der Waals surface area contributed by atoms with Gasteiger partial charge in [-0.3, -0.25) is 9.36 Å². The fraction of sp³-hybridized carbons (Fsp3) is 0.381. The third-order valence-electron chi connectivity index (χ3n) is 5.07.